The van der Waals surface area contributed by atoms with E-state index in [0.717, 1.165) is 0 Å². The van der Waals surface area contributed by atoms with Crippen molar-refractivity contribution < 1.29 is 53.4 Å². The van der Waals surface area contributed by atoms with Gasteiger partial charge in [-0.2, -0.15) is 48.3 Å². The van der Waals surface area contributed by atoms with Crippen LogP contribution in [-0.2, 0) is 0 Å². The van der Waals surface area contributed by atoms with Crippen molar-refractivity contribution in [1.82, 2.24) is 0 Å². The average molecular weight is 312 g/mol. The van der Waals surface area contributed by atoms with E-state index in [-0.39, 0.29) is 0 Å². The smallest absolute Gasteiger partial charge is 0.395 e. The molecule has 0 amide bonds. The quantitative estimate of drug-likeness (QED) is 0.738. The largest absolute Gasteiger partial charge is 0.408 e. The zero-order chi connectivity index (χ0) is 15.7. The van der Waals surface area contributed by atoms with Gasteiger partial charge >= 0.3 is 29.9 Å². The SMILES string of the molecule is OCC1(C(F)(F)F)C(F)(F)C(F)(F)C(F)(F)C1(F)F. The summed E-state index contributed by atoms with van der Waals surface area (Å²) in [5.41, 5.74) is -6.28. The average Bonchev–Trinajstić information content (AvgIpc) is 2.19. The van der Waals surface area contributed by atoms with Gasteiger partial charge in [-0.05, 0) is 0 Å². The summed E-state index contributed by atoms with van der Waals surface area (Å²) in [5.74, 6) is -27.8. The van der Waals surface area contributed by atoms with Gasteiger partial charge in [0.25, 0.3) is 0 Å². The van der Waals surface area contributed by atoms with Crippen LogP contribution in [0.1, 0.15) is 0 Å². The molecule has 1 aliphatic rings. The zero-order valence-electron chi connectivity index (χ0n) is 8.31. The van der Waals surface area contributed by atoms with Crippen molar-refractivity contribution in [1.29, 1.82) is 0 Å². The molecule has 0 heterocycles. The van der Waals surface area contributed by atoms with Crippen molar-refractivity contribution in [3.05, 3.63) is 0 Å². The molecule has 12 heteroatoms. The Labute approximate surface area is 96.5 Å². The standard InChI is InChI=1S/C7H3F11O/c8-3(9)2(1-19,7(16,17)18)4(10,11)6(14,15)5(3,12)13/h19H,1H2. The van der Waals surface area contributed by atoms with Crippen LogP contribution < -0.4 is 0 Å². The Morgan fingerprint density at radius 3 is 1.00 bits per heavy atom. The number of rotatable bonds is 1. The van der Waals surface area contributed by atoms with E-state index < -0.39 is 41.9 Å². The third-order valence-corrected chi connectivity index (χ3v) is 2.98. The molecule has 0 aromatic rings. The minimum absolute atomic E-state index is 3.33. The first-order valence-corrected chi connectivity index (χ1v) is 4.25. The maximum absolute atomic E-state index is 12.9. The number of hydrogen-bond acceptors (Lipinski definition) is 1. The van der Waals surface area contributed by atoms with Crippen LogP contribution in [0.5, 0.6) is 0 Å². The van der Waals surface area contributed by atoms with Crippen LogP contribution in [-0.4, -0.2) is 41.6 Å². The topological polar surface area (TPSA) is 20.2 Å². The summed E-state index contributed by atoms with van der Waals surface area (Å²) in [6, 6.07) is 0. The Bertz CT molecular complexity index is 355. The molecule has 0 aromatic carbocycles. The van der Waals surface area contributed by atoms with Gasteiger partial charge in [0.2, 0.25) is 5.41 Å². The van der Waals surface area contributed by atoms with Crippen LogP contribution in [0.25, 0.3) is 0 Å². The maximum atomic E-state index is 12.9. The summed E-state index contributed by atoms with van der Waals surface area (Å²) in [4.78, 5) is 0. The molecule has 1 rings (SSSR count). The van der Waals surface area contributed by atoms with Gasteiger partial charge in [-0.25, -0.2) is 0 Å². The Morgan fingerprint density at radius 2 is 0.895 bits per heavy atom. The molecule has 1 nitrogen and oxygen atoms in total. The number of aliphatic hydroxyl groups excluding tert-OH is 1. The lowest BCUT2D eigenvalue weighted by atomic mass is 9.80. The first-order chi connectivity index (χ1) is 8.06. The van der Waals surface area contributed by atoms with Gasteiger partial charge in [0.05, 0.1) is 6.61 Å². The normalized spacial score (nSPS) is 30.3. The van der Waals surface area contributed by atoms with E-state index in [1.54, 1.807) is 0 Å². The van der Waals surface area contributed by atoms with Crippen molar-refractivity contribution in [2.24, 2.45) is 5.41 Å². The molecule has 0 aliphatic heterocycles. The number of aliphatic hydroxyl groups is 1. The van der Waals surface area contributed by atoms with Gasteiger partial charge in [-0.15, -0.1) is 0 Å². The predicted molar refractivity (Wildman–Crippen MR) is 35.4 cm³/mol. The van der Waals surface area contributed by atoms with E-state index in [2.05, 4.69) is 0 Å². The lowest BCUT2D eigenvalue weighted by Crippen LogP contribution is -2.62. The molecule has 19 heavy (non-hydrogen) atoms. The molecule has 0 aromatic heterocycles. The molecule has 0 radical (unpaired) electrons. The summed E-state index contributed by atoms with van der Waals surface area (Å²) in [7, 11) is 0. The highest BCUT2D eigenvalue weighted by Gasteiger charge is 3.04. The van der Waals surface area contributed by atoms with Crippen molar-refractivity contribution in [3.8, 4) is 0 Å². The first kappa shape index (κ1) is 16.2. The molecule has 0 bridgehead atoms. The molecule has 1 N–H and O–H groups in total. The molecular formula is C7H3F11O. The minimum atomic E-state index is -6.98. The fourth-order valence-electron chi connectivity index (χ4n) is 1.77. The van der Waals surface area contributed by atoms with Gasteiger partial charge in [-0.1, -0.05) is 0 Å². The van der Waals surface area contributed by atoms with Crippen molar-refractivity contribution in [2.45, 2.75) is 29.9 Å². The summed E-state index contributed by atoms with van der Waals surface area (Å²) >= 11 is 0. The van der Waals surface area contributed by atoms with Gasteiger partial charge in [-0.3, -0.25) is 0 Å². The molecule has 0 unspecified atom stereocenters. The zero-order valence-corrected chi connectivity index (χ0v) is 8.31. The highest BCUT2D eigenvalue weighted by atomic mass is 19.4. The van der Waals surface area contributed by atoms with Gasteiger partial charge in [0.15, 0.2) is 0 Å². The molecular weight excluding hydrogens is 309 g/mol. The second-order valence-corrected chi connectivity index (χ2v) is 3.86. The van der Waals surface area contributed by atoms with E-state index in [4.69, 9.17) is 5.11 Å². The predicted octanol–water partition coefficient (Wildman–Crippen LogP) is 3.08. The van der Waals surface area contributed by atoms with Gasteiger partial charge in [0.1, 0.15) is 0 Å². The summed E-state index contributed by atoms with van der Waals surface area (Å²) in [6.07, 6.45) is -6.90. The Kier molecular flexibility index (Phi) is 2.94. The van der Waals surface area contributed by atoms with Crippen molar-refractivity contribution >= 4 is 0 Å². The summed E-state index contributed by atoms with van der Waals surface area (Å²) in [5, 5.41) is 8.14. The molecule has 1 saturated carbocycles. The van der Waals surface area contributed by atoms with E-state index in [1.165, 1.54) is 0 Å². The monoisotopic (exact) mass is 312 g/mol. The Hall–Kier alpha value is -0.810. The number of halogens is 11. The van der Waals surface area contributed by atoms with Crippen LogP contribution >= 0.6 is 0 Å². The molecule has 0 spiro atoms. The number of alkyl halides is 11. The molecule has 0 atom stereocenters. The Balaban J connectivity index is 3.83. The van der Waals surface area contributed by atoms with Crippen LogP contribution in [0.15, 0.2) is 0 Å². The fraction of sp³-hybridized carbons (Fsp3) is 1.00. The van der Waals surface area contributed by atoms with Crippen molar-refractivity contribution in [3.63, 3.8) is 0 Å². The lowest BCUT2D eigenvalue weighted by molar-refractivity contribution is -0.370. The van der Waals surface area contributed by atoms with Crippen LogP contribution in [0.4, 0.5) is 48.3 Å². The lowest BCUT2D eigenvalue weighted by Gasteiger charge is -2.37. The summed E-state index contributed by atoms with van der Waals surface area (Å²) in [6.45, 7) is -3.33. The van der Waals surface area contributed by atoms with E-state index >= 15 is 0 Å². The van der Waals surface area contributed by atoms with Crippen molar-refractivity contribution in [2.75, 3.05) is 6.61 Å². The minimum Gasteiger partial charge on any atom is -0.395 e. The summed E-state index contributed by atoms with van der Waals surface area (Å²) < 4.78 is 139. The highest BCUT2D eigenvalue weighted by molar-refractivity contribution is 5.27. The van der Waals surface area contributed by atoms with Crippen LogP contribution in [0.2, 0.25) is 0 Å². The molecule has 1 aliphatic carbocycles. The third kappa shape index (κ3) is 1.26. The van der Waals surface area contributed by atoms with E-state index in [1.807, 2.05) is 0 Å². The molecule has 1 fully saturated rings. The first-order valence-electron chi connectivity index (χ1n) is 4.25. The highest BCUT2D eigenvalue weighted by Crippen LogP contribution is 2.75. The number of hydrogen-bond donors (Lipinski definition) is 1. The maximum Gasteiger partial charge on any atom is 0.408 e. The second-order valence-electron chi connectivity index (χ2n) is 3.86. The molecule has 0 saturated heterocycles. The van der Waals surface area contributed by atoms with Gasteiger partial charge < -0.3 is 5.11 Å². The van der Waals surface area contributed by atoms with Crippen LogP contribution in [0.3, 0.4) is 0 Å². The fourth-order valence-corrected chi connectivity index (χ4v) is 1.77. The van der Waals surface area contributed by atoms with E-state index in [0.29, 0.717) is 0 Å². The second kappa shape index (κ2) is 3.44. The van der Waals surface area contributed by atoms with E-state index in [9.17, 15) is 48.3 Å². The Morgan fingerprint density at radius 1 is 0.632 bits per heavy atom. The van der Waals surface area contributed by atoms with Crippen LogP contribution in [0, 0.1) is 5.41 Å². The van der Waals surface area contributed by atoms with Gasteiger partial charge in [0, 0.05) is 0 Å². The molecule has 114 valence electrons. The third-order valence-electron chi connectivity index (χ3n) is 2.98.